The van der Waals surface area contributed by atoms with Crippen LogP contribution >= 0.6 is 23.8 Å². The molecule has 1 heterocycles. The molecule has 0 unspecified atom stereocenters. The number of nitrogens with one attached hydrogen (secondary N) is 2. The SMILES string of the molecule is O=C(NC(=S)Nc1ccccc1N1CCN(C(=O)c2ccc(Cl)cc2)CC1)c1ccccc1[N+](=O)[O-]. The average Bonchev–Trinajstić information content (AvgIpc) is 2.89. The van der Waals surface area contributed by atoms with Crippen molar-refractivity contribution in [1.82, 2.24) is 10.2 Å². The number of nitro benzene ring substituents is 1. The minimum Gasteiger partial charge on any atom is -0.366 e. The Labute approximate surface area is 217 Å². The molecule has 1 aliphatic rings. The van der Waals surface area contributed by atoms with Crippen molar-refractivity contribution in [2.45, 2.75) is 0 Å². The van der Waals surface area contributed by atoms with Crippen LogP contribution in [0, 0.1) is 10.1 Å². The third kappa shape index (κ3) is 5.78. The van der Waals surface area contributed by atoms with Crippen molar-refractivity contribution in [3.05, 3.63) is 99.1 Å². The van der Waals surface area contributed by atoms with Gasteiger partial charge < -0.3 is 15.1 Å². The Morgan fingerprint density at radius 3 is 2.25 bits per heavy atom. The molecule has 0 bridgehead atoms. The van der Waals surface area contributed by atoms with Crippen LogP contribution in [-0.2, 0) is 0 Å². The summed E-state index contributed by atoms with van der Waals surface area (Å²) >= 11 is 11.2. The number of thiocarbonyl (C=S) groups is 1. The molecular weight excluding hydrogens is 502 g/mol. The Hall–Kier alpha value is -4.02. The fourth-order valence-electron chi connectivity index (χ4n) is 3.93. The van der Waals surface area contributed by atoms with Gasteiger partial charge >= 0.3 is 0 Å². The predicted molar refractivity (Wildman–Crippen MR) is 143 cm³/mol. The molecule has 2 amide bonds. The summed E-state index contributed by atoms with van der Waals surface area (Å²) in [5.74, 6) is -0.719. The van der Waals surface area contributed by atoms with Crippen LogP contribution in [-0.4, -0.2) is 52.9 Å². The second-order valence-electron chi connectivity index (χ2n) is 7.99. The van der Waals surface area contributed by atoms with E-state index in [9.17, 15) is 19.7 Å². The predicted octanol–water partition coefficient (Wildman–Crippen LogP) is 4.34. The van der Waals surface area contributed by atoms with E-state index in [2.05, 4.69) is 15.5 Å². The third-order valence-corrected chi connectivity index (χ3v) is 6.18. The molecule has 184 valence electrons. The normalized spacial score (nSPS) is 13.1. The first-order valence-corrected chi connectivity index (χ1v) is 11.9. The van der Waals surface area contributed by atoms with Crippen LogP contribution in [0.15, 0.2) is 72.8 Å². The zero-order valence-electron chi connectivity index (χ0n) is 19.0. The Kier molecular flexibility index (Phi) is 7.77. The van der Waals surface area contributed by atoms with Crippen molar-refractivity contribution >= 4 is 57.8 Å². The number of hydrogen-bond donors (Lipinski definition) is 2. The van der Waals surface area contributed by atoms with Crippen molar-refractivity contribution in [3.63, 3.8) is 0 Å². The number of rotatable bonds is 5. The molecule has 3 aromatic rings. The summed E-state index contributed by atoms with van der Waals surface area (Å²) < 4.78 is 0. The molecule has 0 atom stereocenters. The molecular formula is C25H22ClN5O4S. The molecule has 0 aliphatic carbocycles. The van der Waals surface area contributed by atoms with Crippen LogP contribution in [0.4, 0.5) is 17.1 Å². The van der Waals surface area contributed by atoms with Crippen LogP contribution in [0.1, 0.15) is 20.7 Å². The number of nitrogens with zero attached hydrogens (tertiary/aromatic N) is 3. The van der Waals surface area contributed by atoms with Gasteiger partial charge in [0.25, 0.3) is 17.5 Å². The molecule has 4 rings (SSSR count). The lowest BCUT2D eigenvalue weighted by molar-refractivity contribution is -0.385. The lowest BCUT2D eigenvalue weighted by Crippen LogP contribution is -2.49. The summed E-state index contributed by atoms with van der Waals surface area (Å²) in [6, 6.07) is 20.0. The van der Waals surface area contributed by atoms with Crippen molar-refractivity contribution in [2.24, 2.45) is 0 Å². The largest absolute Gasteiger partial charge is 0.366 e. The lowest BCUT2D eigenvalue weighted by Gasteiger charge is -2.37. The minimum atomic E-state index is -0.674. The highest BCUT2D eigenvalue weighted by Gasteiger charge is 2.24. The van der Waals surface area contributed by atoms with E-state index >= 15 is 0 Å². The van der Waals surface area contributed by atoms with Gasteiger partial charge in [0.1, 0.15) is 5.56 Å². The first-order chi connectivity index (χ1) is 17.3. The van der Waals surface area contributed by atoms with Crippen LogP contribution in [0.25, 0.3) is 0 Å². The zero-order chi connectivity index (χ0) is 25.7. The van der Waals surface area contributed by atoms with E-state index in [1.165, 1.54) is 18.2 Å². The zero-order valence-corrected chi connectivity index (χ0v) is 20.6. The number of anilines is 2. The topological polar surface area (TPSA) is 108 Å². The number of carbonyl (C=O) groups excluding carboxylic acids is 2. The standard InChI is InChI=1S/C25H22ClN5O4S/c26-18-11-9-17(10-12-18)24(33)30-15-13-29(14-16-30)22-8-4-2-6-20(22)27-25(36)28-23(32)19-5-1-3-7-21(19)31(34)35/h1-12H,13-16H2,(H2,27,28,32,36). The molecule has 9 nitrogen and oxygen atoms in total. The number of amides is 2. The first-order valence-electron chi connectivity index (χ1n) is 11.1. The van der Waals surface area contributed by atoms with Crippen LogP contribution in [0.3, 0.4) is 0 Å². The van der Waals surface area contributed by atoms with E-state index < -0.39 is 10.8 Å². The monoisotopic (exact) mass is 523 g/mol. The molecule has 1 aliphatic heterocycles. The van der Waals surface area contributed by atoms with Crippen molar-refractivity contribution < 1.29 is 14.5 Å². The van der Waals surface area contributed by atoms with Gasteiger partial charge in [-0.3, -0.25) is 25.0 Å². The number of nitro groups is 1. The average molecular weight is 524 g/mol. The van der Waals surface area contributed by atoms with Gasteiger partial charge in [0, 0.05) is 42.8 Å². The number of carbonyl (C=O) groups is 2. The molecule has 1 saturated heterocycles. The maximum atomic E-state index is 12.8. The quantitative estimate of drug-likeness (QED) is 0.291. The molecule has 0 aromatic heterocycles. The van der Waals surface area contributed by atoms with Crippen molar-refractivity contribution in [1.29, 1.82) is 0 Å². The van der Waals surface area contributed by atoms with Gasteiger partial charge in [0.05, 0.1) is 16.3 Å². The van der Waals surface area contributed by atoms with E-state index in [1.54, 1.807) is 35.2 Å². The summed E-state index contributed by atoms with van der Waals surface area (Å²) in [7, 11) is 0. The fraction of sp³-hybridized carbons (Fsp3) is 0.160. The van der Waals surface area contributed by atoms with E-state index in [0.29, 0.717) is 42.5 Å². The highest BCUT2D eigenvalue weighted by molar-refractivity contribution is 7.80. The molecule has 36 heavy (non-hydrogen) atoms. The second kappa shape index (κ2) is 11.1. The molecule has 0 radical (unpaired) electrons. The summed E-state index contributed by atoms with van der Waals surface area (Å²) in [6.45, 7) is 2.28. The molecule has 0 saturated carbocycles. The Morgan fingerprint density at radius 1 is 0.917 bits per heavy atom. The van der Waals surface area contributed by atoms with E-state index in [1.807, 2.05) is 24.3 Å². The van der Waals surface area contributed by atoms with Gasteiger partial charge in [-0.25, -0.2) is 0 Å². The van der Waals surface area contributed by atoms with E-state index in [-0.39, 0.29) is 22.3 Å². The highest BCUT2D eigenvalue weighted by atomic mass is 35.5. The van der Waals surface area contributed by atoms with Crippen molar-refractivity contribution in [3.8, 4) is 0 Å². The van der Waals surface area contributed by atoms with Gasteiger partial charge in [-0.05, 0) is 54.7 Å². The van der Waals surface area contributed by atoms with Crippen LogP contribution in [0.2, 0.25) is 5.02 Å². The van der Waals surface area contributed by atoms with Gasteiger partial charge in [0.2, 0.25) is 0 Å². The summed E-state index contributed by atoms with van der Waals surface area (Å²) in [4.78, 5) is 39.9. The second-order valence-corrected chi connectivity index (χ2v) is 8.83. The molecule has 2 N–H and O–H groups in total. The van der Waals surface area contributed by atoms with Gasteiger partial charge in [-0.2, -0.15) is 0 Å². The number of hydrogen-bond acceptors (Lipinski definition) is 6. The molecule has 11 heteroatoms. The Morgan fingerprint density at radius 2 is 1.56 bits per heavy atom. The number of halogens is 1. The van der Waals surface area contributed by atoms with E-state index in [4.69, 9.17) is 23.8 Å². The first kappa shape index (κ1) is 25.1. The van der Waals surface area contributed by atoms with Gasteiger partial charge in [-0.1, -0.05) is 35.9 Å². The molecule has 3 aromatic carbocycles. The van der Waals surface area contributed by atoms with Crippen LogP contribution < -0.4 is 15.5 Å². The number of benzene rings is 3. The lowest BCUT2D eigenvalue weighted by atomic mass is 10.1. The number of piperazine rings is 1. The van der Waals surface area contributed by atoms with Crippen LogP contribution in [0.5, 0.6) is 0 Å². The third-order valence-electron chi connectivity index (χ3n) is 5.72. The summed E-state index contributed by atoms with van der Waals surface area (Å²) in [5, 5.41) is 17.3. The van der Waals surface area contributed by atoms with Gasteiger partial charge in [0.15, 0.2) is 5.11 Å². The summed E-state index contributed by atoms with van der Waals surface area (Å²) in [5.41, 5.74) is 1.74. The fourth-order valence-corrected chi connectivity index (χ4v) is 4.26. The number of para-hydroxylation sites is 3. The minimum absolute atomic E-state index is 0.0159. The van der Waals surface area contributed by atoms with Gasteiger partial charge in [-0.15, -0.1) is 0 Å². The highest BCUT2D eigenvalue weighted by Crippen LogP contribution is 2.27. The smallest absolute Gasteiger partial charge is 0.282 e. The molecule has 0 spiro atoms. The summed E-state index contributed by atoms with van der Waals surface area (Å²) in [6.07, 6.45) is 0. The maximum Gasteiger partial charge on any atom is 0.282 e. The van der Waals surface area contributed by atoms with Crippen molar-refractivity contribution in [2.75, 3.05) is 36.4 Å². The Bertz CT molecular complexity index is 1310. The Balaban J connectivity index is 1.39. The maximum absolute atomic E-state index is 12.8. The molecule has 1 fully saturated rings. The van der Waals surface area contributed by atoms with E-state index in [0.717, 1.165) is 5.69 Å².